The van der Waals surface area contributed by atoms with Crippen LogP contribution in [-0.2, 0) is 17.8 Å². The highest BCUT2D eigenvalue weighted by atomic mass is 35.5. The Labute approximate surface area is 142 Å². The first-order valence-corrected chi connectivity index (χ1v) is 7.62. The summed E-state index contributed by atoms with van der Waals surface area (Å²) >= 11 is 6.24. The summed E-state index contributed by atoms with van der Waals surface area (Å²) in [6, 6.07) is 6.98. The summed E-state index contributed by atoms with van der Waals surface area (Å²) in [5, 5.41) is 21.7. The molecule has 24 heavy (non-hydrogen) atoms. The van der Waals surface area contributed by atoms with Gasteiger partial charge in [0.05, 0.1) is 22.8 Å². The third-order valence-corrected chi connectivity index (χ3v) is 3.70. The lowest BCUT2D eigenvalue weighted by Crippen LogP contribution is -2.00. The van der Waals surface area contributed by atoms with Gasteiger partial charge in [-0.05, 0) is 25.1 Å². The minimum atomic E-state index is -0.892. The molecular weight excluding hydrogens is 334 g/mol. The van der Waals surface area contributed by atoms with E-state index in [1.165, 1.54) is 0 Å². The highest BCUT2D eigenvalue weighted by Crippen LogP contribution is 2.32. The normalized spacial score (nSPS) is 10.9. The molecule has 0 bridgehead atoms. The number of nitrogens with zero attached hydrogens (tertiary/aromatic N) is 3. The number of hydrogen-bond donors (Lipinski definition) is 1. The van der Waals surface area contributed by atoms with E-state index in [9.17, 15) is 4.79 Å². The van der Waals surface area contributed by atoms with E-state index >= 15 is 0 Å². The number of carboxylic acids is 1. The van der Waals surface area contributed by atoms with Gasteiger partial charge in [-0.25, -0.2) is 0 Å². The quantitative estimate of drug-likeness (QED) is 0.731. The molecule has 0 aliphatic heterocycles. The van der Waals surface area contributed by atoms with Crippen LogP contribution in [0.4, 0.5) is 0 Å². The lowest BCUT2D eigenvalue weighted by atomic mass is 10.1. The molecule has 0 radical (unpaired) electrons. The summed E-state index contributed by atoms with van der Waals surface area (Å²) in [7, 11) is 0. The average Bonchev–Trinajstić information content (AvgIpc) is 2.94. The number of rotatable bonds is 6. The molecule has 1 N–H and O–H groups in total. The van der Waals surface area contributed by atoms with Crippen molar-refractivity contribution in [3.63, 3.8) is 0 Å². The number of benzene rings is 1. The largest absolute Gasteiger partial charge is 0.486 e. The molecule has 0 unspecified atom stereocenters. The number of carboxylic acid groups (broad SMARTS) is 1. The maximum absolute atomic E-state index is 10.7. The van der Waals surface area contributed by atoms with Crippen molar-refractivity contribution in [1.29, 1.82) is 0 Å². The van der Waals surface area contributed by atoms with Crippen LogP contribution in [0.2, 0.25) is 5.02 Å². The van der Waals surface area contributed by atoms with Gasteiger partial charge in [0.2, 0.25) is 0 Å². The van der Waals surface area contributed by atoms with Crippen molar-refractivity contribution < 1.29 is 19.2 Å². The van der Waals surface area contributed by atoms with Gasteiger partial charge < -0.3 is 14.4 Å². The lowest BCUT2D eigenvalue weighted by molar-refractivity contribution is -0.136. The average molecular weight is 348 g/mol. The van der Waals surface area contributed by atoms with Crippen LogP contribution < -0.4 is 4.74 Å². The second-order valence-corrected chi connectivity index (χ2v) is 5.66. The van der Waals surface area contributed by atoms with Crippen LogP contribution in [0.15, 0.2) is 28.8 Å². The van der Waals surface area contributed by atoms with Crippen LogP contribution in [0.1, 0.15) is 23.5 Å². The molecule has 0 spiro atoms. The number of fused-ring (bicyclic) bond motifs is 1. The summed E-state index contributed by atoms with van der Waals surface area (Å²) in [6.45, 7) is 2.08. The molecule has 8 heteroatoms. The molecule has 0 atom stereocenters. The zero-order valence-electron chi connectivity index (χ0n) is 12.8. The Kier molecular flexibility index (Phi) is 4.61. The van der Waals surface area contributed by atoms with Gasteiger partial charge in [-0.3, -0.25) is 4.79 Å². The summed E-state index contributed by atoms with van der Waals surface area (Å²) in [4.78, 5) is 10.7. The van der Waals surface area contributed by atoms with Crippen molar-refractivity contribution in [2.24, 2.45) is 0 Å². The fraction of sp³-hybridized carbons (Fsp3) is 0.250. The van der Waals surface area contributed by atoms with E-state index in [1.54, 1.807) is 12.1 Å². The number of hydrogen-bond acceptors (Lipinski definition) is 6. The number of carbonyl (C=O) groups is 1. The Bertz CT molecular complexity index is 877. The Morgan fingerprint density at radius 1 is 1.33 bits per heavy atom. The van der Waals surface area contributed by atoms with Gasteiger partial charge in [0.15, 0.2) is 5.58 Å². The molecule has 0 saturated heterocycles. The number of aryl methyl sites for hydroxylation is 2. The first-order valence-electron chi connectivity index (χ1n) is 7.24. The van der Waals surface area contributed by atoms with Crippen molar-refractivity contribution in [2.45, 2.75) is 26.4 Å². The highest BCUT2D eigenvalue weighted by molar-refractivity contribution is 6.32. The van der Waals surface area contributed by atoms with Gasteiger partial charge in [0, 0.05) is 17.9 Å². The third kappa shape index (κ3) is 3.62. The van der Waals surface area contributed by atoms with Crippen LogP contribution in [-0.4, -0.2) is 26.4 Å². The zero-order chi connectivity index (χ0) is 17.1. The van der Waals surface area contributed by atoms with E-state index in [-0.39, 0.29) is 19.4 Å². The summed E-state index contributed by atoms with van der Waals surface area (Å²) in [5.41, 5.74) is 2.56. The van der Waals surface area contributed by atoms with E-state index in [0.717, 1.165) is 5.69 Å². The van der Waals surface area contributed by atoms with Crippen molar-refractivity contribution in [2.75, 3.05) is 0 Å². The van der Waals surface area contributed by atoms with Crippen molar-refractivity contribution in [3.8, 4) is 5.75 Å². The van der Waals surface area contributed by atoms with Gasteiger partial charge in [-0.15, -0.1) is 0 Å². The molecule has 3 aromatic rings. The number of ether oxygens (including phenoxy) is 1. The van der Waals surface area contributed by atoms with Gasteiger partial charge in [0.25, 0.3) is 0 Å². The topological polar surface area (TPSA) is 98.3 Å². The van der Waals surface area contributed by atoms with Gasteiger partial charge in [-0.1, -0.05) is 16.8 Å². The molecule has 7 nitrogen and oxygen atoms in total. The lowest BCUT2D eigenvalue weighted by Gasteiger charge is -2.07. The van der Waals surface area contributed by atoms with Crippen molar-refractivity contribution >= 4 is 28.5 Å². The summed E-state index contributed by atoms with van der Waals surface area (Å²) in [6.07, 6.45) is 0.251. The Balaban J connectivity index is 1.78. The fourth-order valence-corrected chi connectivity index (χ4v) is 2.38. The number of aromatic nitrogens is 3. The van der Waals surface area contributed by atoms with Crippen molar-refractivity contribution in [3.05, 3.63) is 46.4 Å². The fourth-order valence-electron chi connectivity index (χ4n) is 2.16. The maximum Gasteiger partial charge on any atom is 0.303 e. The minimum Gasteiger partial charge on any atom is -0.486 e. The Morgan fingerprint density at radius 3 is 2.88 bits per heavy atom. The third-order valence-electron chi connectivity index (χ3n) is 3.40. The molecule has 124 valence electrons. The molecule has 0 saturated carbocycles. The molecule has 0 amide bonds. The smallest absolute Gasteiger partial charge is 0.303 e. The minimum absolute atomic E-state index is 0.0242. The predicted octanol–water partition coefficient (Wildman–Crippen LogP) is 3.18. The van der Waals surface area contributed by atoms with Crippen LogP contribution in [0.3, 0.4) is 0 Å². The molecule has 0 aliphatic rings. The van der Waals surface area contributed by atoms with Gasteiger partial charge in [-0.2, -0.15) is 10.2 Å². The molecular formula is C16H14ClN3O4. The number of halogens is 1. The molecule has 0 fully saturated rings. The van der Waals surface area contributed by atoms with Gasteiger partial charge >= 0.3 is 5.97 Å². The second-order valence-electron chi connectivity index (χ2n) is 5.26. The molecule has 0 aliphatic carbocycles. The first-order chi connectivity index (χ1) is 11.5. The van der Waals surface area contributed by atoms with E-state index in [1.807, 2.05) is 19.1 Å². The standard InChI is InChI=1S/C16H14ClN3O4/c1-9-2-3-10(19-18-9)8-23-15-7-14-11(6-12(15)17)13(20-24-14)4-5-16(21)22/h2-3,6-7H,4-5,8H2,1H3,(H,21,22). The second kappa shape index (κ2) is 6.84. The SMILES string of the molecule is Cc1ccc(COc2cc3onc(CCC(=O)O)c3cc2Cl)nn1. The van der Waals surface area contributed by atoms with Crippen LogP contribution in [0.5, 0.6) is 5.75 Å². The van der Waals surface area contributed by atoms with Crippen LogP contribution in [0.25, 0.3) is 11.0 Å². The molecule has 1 aromatic carbocycles. The van der Waals surface area contributed by atoms with E-state index in [4.69, 9.17) is 26.0 Å². The summed E-state index contributed by atoms with van der Waals surface area (Å²) in [5.74, 6) is -0.455. The highest BCUT2D eigenvalue weighted by Gasteiger charge is 2.14. The first kappa shape index (κ1) is 16.2. The van der Waals surface area contributed by atoms with E-state index in [2.05, 4.69) is 15.4 Å². The Hall–Kier alpha value is -2.67. The molecule has 3 rings (SSSR count). The summed E-state index contributed by atoms with van der Waals surface area (Å²) < 4.78 is 10.9. The zero-order valence-corrected chi connectivity index (χ0v) is 13.6. The van der Waals surface area contributed by atoms with Crippen LogP contribution >= 0.6 is 11.6 Å². The predicted molar refractivity (Wildman–Crippen MR) is 86.1 cm³/mol. The van der Waals surface area contributed by atoms with E-state index < -0.39 is 5.97 Å². The monoisotopic (exact) mass is 347 g/mol. The van der Waals surface area contributed by atoms with E-state index in [0.29, 0.717) is 33.1 Å². The van der Waals surface area contributed by atoms with Crippen LogP contribution in [0, 0.1) is 6.92 Å². The molecule has 2 aromatic heterocycles. The van der Waals surface area contributed by atoms with Gasteiger partial charge in [0.1, 0.15) is 18.1 Å². The van der Waals surface area contributed by atoms with Crippen molar-refractivity contribution in [1.82, 2.24) is 15.4 Å². The maximum atomic E-state index is 10.7. The number of aliphatic carboxylic acids is 1. The Morgan fingerprint density at radius 2 is 2.17 bits per heavy atom. The molecule has 2 heterocycles.